The van der Waals surface area contributed by atoms with E-state index >= 15 is 0 Å². The molecule has 0 saturated heterocycles. The van der Waals surface area contributed by atoms with E-state index in [1.807, 2.05) is 48.6 Å². The van der Waals surface area contributed by atoms with Crippen LogP contribution in [0.4, 0.5) is 0 Å². The van der Waals surface area contributed by atoms with Gasteiger partial charge in [0.1, 0.15) is 0 Å². The van der Waals surface area contributed by atoms with Crippen molar-refractivity contribution in [1.82, 2.24) is 0 Å². The number of benzene rings is 3. The summed E-state index contributed by atoms with van der Waals surface area (Å²) >= 11 is 1.30. The standard InChI is InChI=1S/C17H13.C11H17.C6H5.CH3.CH2.2ClH.Zr/c1-3-12-5-7-14-11-15-8-6-13(4-2)10-17(15)16(14)9-12;1-5-9-6-7-10(8-9)11(2,3)4;1-2-4-6-5-3-1;;;;;/h3-7,9-10H,1-2,11H2;7-9H,5H2,1-4H3;1-5H;1H3;1H2;2*1H;/q4*-1;;;;. The summed E-state index contributed by atoms with van der Waals surface area (Å²) < 4.78 is 3.34. The summed E-state index contributed by atoms with van der Waals surface area (Å²) in [7, 11) is 0. The van der Waals surface area contributed by atoms with Crippen LogP contribution in [-0.4, -0.2) is 4.21 Å². The molecule has 0 spiro atoms. The molecule has 5 rings (SSSR count). The van der Waals surface area contributed by atoms with Gasteiger partial charge in [0.15, 0.2) is 0 Å². The average molecular weight is 637 g/mol. The Morgan fingerprint density at radius 1 is 0.949 bits per heavy atom. The summed E-state index contributed by atoms with van der Waals surface area (Å²) in [5.41, 5.74) is 9.30. The molecule has 0 fully saturated rings. The first kappa shape index (κ1) is 39.1. The van der Waals surface area contributed by atoms with Crippen molar-refractivity contribution in [2.75, 3.05) is 0 Å². The van der Waals surface area contributed by atoms with Gasteiger partial charge in [-0.1, -0.05) is 87.4 Å². The summed E-state index contributed by atoms with van der Waals surface area (Å²) in [6.45, 7) is 16.6. The van der Waals surface area contributed by atoms with Crippen molar-refractivity contribution in [2.24, 2.45) is 11.3 Å². The molecule has 3 aromatic carbocycles. The Labute approximate surface area is 266 Å². The number of hydrogen-bond donors (Lipinski definition) is 0. The average Bonchev–Trinajstić information content (AvgIpc) is 3.56. The smallest absolute Gasteiger partial charge is 0.171 e. The molecule has 1 atom stereocenters. The number of halogens is 2. The van der Waals surface area contributed by atoms with Crippen LogP contribution in [-0.2, 0) is 30.7 Å². The van der Waals surface area contributed by atoms with Gasteiger partial charge in [0.2, 0.25) is 0 Å². The summed E-state index contributed by atoms with van der Waals surface area (Å²) in [5, 5.41) is 0. The molecule has 2 aliphatic carbocycles. The molecule has 0 nitrogen and oxygen atoms in total. The van der Waals surface area contributed by atoms with Crippen molar-refractivity contribution in [1.29, 1.82) is 0 Å². The zero-order chi connectivity index (χ0) is 26.6. The molecule has 208 valence electrons. The molecule has 0 saturated carbocycles. The van der Waals surface area contributed by atoms with E-state index in [2.05, 4.69) is 99.7 Å². The first-order valence-corrected chi connectivity index (χ1v) is 14.1. The normalized spacial score (nSPS) is 13.2. The van der Waals surface area contributed by atoms with E-state index in [0.29, 0.717) is 11.3 Å². The minimum absolute atomic E-state index is 0. The maximum Gasteiger partial charge on any atom is -0.171 e. The molecule has 2 aliphatic rings. The maximum absolute atomic E-state index is 3.82. The van der Waals surface area contributed by atoms with Crippen LogP contribution in [0.15, 0.2) is 91.5 Å². The third-order valence-electron chi connectivity index (χ3n) is 6.06. The van der Waals surface area contributed by atoms with Gasteiger partial charge in [-0.05, 0) is 12.0 Å². The van der Waals surface area contributed by atoms with Crippen LogP contribution in [0.2, 0.25) is 0 Å². The van der Waals surface area contributed by atoms with Crippen LogP contribution in [0.5, 0.6) is 0 Å². The molecule has 1 unspecified atom stereocenters. The molecule has 0 bridgehead atoms. The molecule has 0 aromatic heterocycles. The van der Waals surface area contributed by atoms with E-state index in [1.165, 1.54) is 64.0 Å². The molecular weight excluding hydrogens is 595 g/mol. The van der Waals surface area contributed by atoms with E-state index in [-0.39, 0.29) is 32.2 Å². The molecular formula is C36H42Cl2Zr-4. The Bertz CT molecular complexity index is 1120. The molecule has 0 amide bonds. The molecule has 0 heterocycles. The Morgan fingerprint density at radius 3 is 2.00 bits per heavy atom. The SMILES string of the molecule is C=Cc1c[c-]c2c(c1)-c1cc(C=C)ccc1C2.CCC1[C-]=CC(C(C)(C)C)=C1.Cl.Cl.[CH2]=[Zr].[CH3-].[c-]1ccccc1. The monoisotopic (exact) mass is 634 g/mol. The van der Waals surface area contributed by atoms with Crippen molar-refractivity contribution < 1.29 is 24.2 Å². The third kappa shape index (κ3) is 11.9. The van der Waals surface area contributed by atoms with Gasteiger partial charge in [0, 0.05) is 0 Å². The Hall–Kier alpha value is -2.05. The second-order valence-electron chi connectivity index (χ2n) is 9.60. The Kier molecular flexibility index (Phi) is 20.0. The van der Waals surface area contributed by atoms with E-state index < -0.39 is 0 Å². The van der Waals surface area contributed by atoms with E-state index in [4.69, 9.17) is 0 Å². The third-order valence-corrected chi connectivity index (χ3v) is 6.06. The van der Waals surface area contributed by atoms with E-state index in [9.17, 15) is 0 Å². The fourth-order valence-electron chi connectivity index (χ4n) is 3.92. The number of rotatable bonds is 3. The van der Waals surface area contributed by atoms with E-state index in [0.717, 1.165) is 12.0 Å². The van der Waals surface area contributed by atoms with Gasteiger partial charge in [-0.15, -0.1) is 48.6 Å². The molecule has 0 aliphatic heterocycles. The van der Waals surface area contributed by atoms with Gasteiger partial charge in [-0.2, -0.15) is 71.8 Å². The van der Waals surface area contributed by atoms with Gasteiger partial charge in [0.25, 0.3) is 0 Å². The van der Waals surface area contributed by atoms with Crippen LogP contribution >= 0.6 is 24.8 Å². The second kappa shape index (κ2) is 19.9. The van der Waals surface area contributed by atoms with Gasteiger partial charge in [-0.3, -0.25) is 6.08 Å². The maximum atomic E-state index is 3.82. The van der Waals surface area contributed by atoms with Crippen LogP contribution in [0.1, 0.15) is 56.4 Å². The van der Waals surface area contributed by atoms with Gasteiger partial charge < -0.3 is 7.43 Å². The Balaban J connectivity index is 0. The van der Waals surface area contributed by atoms with Crippen molar-refractivity contribution in [3.63, 3.8) is 0 Å². The van der Waals surface area contributed by atoms with Crippen molar-refractivity contribution in [2.45, 2.75) is 40.5 Å². The van der Waals surface area contributed by atoms with Crippen LogP contribution in [0.3, 0.4) is 0 Å². The summed E-state index contributed by atoms with van der Waals surface area (Å²) in [6, 6.07) is 26.6. The first-order chi connectivity index (χ1) is 17.4. The fourth-order valence-corrected chi connectivity index (χ4v) is 3.92. The van der Waals surface area contributed by atoms with Gasteiger partial charge in [0.05, 0.1) is 0 Å². The molecule has 3 aromatic rings. The zero-order valence-electron chi connectivity index (χ0n) is 24.0. The topological polar surface area (TPSA) is 0 Å². The van der Waals surface area contributed by atoms with Crippen molar-refractivity contribution in [3.8, 4) is 11.1 Å². The zero-order valence-corrected chi connectivity index (χ0v) is 28.1. The molecule has 0 N–H and O–H groups in total. The molecule has 39 heavy (non-hydrogen) atoms. The molecule has 0 radical (unpaired) electrons. The van der Waals surface area contributed by atoms with Gasteiger partial charge in [-0.25, -0.2) is 6.08 Å². The number of hydrogen-bond acceptors (Lipinski definition) is 0. The fraction of sp³-hybridized carbons (Fsp3) is 0.222. The van der Waals surface area contributed by atoms with E-state index in [1.54, 1.807) is 0 Å². The minimum Gasteiger partial charge on any atom is -0.358 e. The van der Waals surface area contributed by atoms with Crippen molar-refractivity contribution in [3.05, 3.63) is 139 Å². The Morgan fingerprint density at radius 2 is 1.56 bits per heavy atom. The first-order valence-electron chi connectivity index (χ1n) is 12.4. The van der Waals surface area contributed by atoms with Crippen molar-refractivity contribution >= 4 is 41.2 Å². The summed E-state index contributed by atoms with van der Waals surface area (Å²) in [6.07, 6.45) is 13.7. The van der Waals surface area contributed by atoms with Crippen LogP contribution in [0, 0.1) is 37.0 Å². The number of allylic oxidation sites excluding steroid dienone is 4. The van der Waals surface area contributed by atoms with Crippen LogP contribution < -0.4 is 0 Å². The summed E-state index contributed by atoms with van der Waals surface area (Å²) in [4.78, 5) is 0. The summed E-state index contributed by atoms with van der Waals surface area (Å²) in [5.74, 6) is 0.573. The number of fused-ring (bicyclic) bond motifs is 3. The minimum atomic E-state index is 0. The quantitative estimate of drug-likeness (QED) is 0.196. The second-order valence-corrected chi connectivity index (χ2v) is 9.60. The predicted octanol–water partition coefficient (Wildman–Crippen LogP) is 10.4. The molecule has 3 heteroatoms. The van der Waals surface area contributed by atoms with Crippen LogP contribution in [0.25, 0.3) is 23.3 Å². The largest absolute Gasteiger partial charge is 0.358 e. The van der Waals surface area contributed by atoms with Gasteiger partial charge >= 0.3 is 28.4 Å². The predicted molar refractivity (Wildman–Crippen MR) is 176 cm³/mol.